The largest absolute Gasteiger partial charge is 0.378 e. The molecule has 2 fully saturated rings. The second-order valence-corrected chi connectivity index (χ2v) is 5.21. The van der Waals surface area contributed by atoms with Gasteiger partial charge in [0.05, 0.1) is 13.1 Å². The lowest BCUT2D eigenvalue weighted by Crippen LogP contribution is -3.12. The molecule has 84 valence electrons. The molecule has 0 radical (unpaired) electrons. The fraction of sp³-hybridized carbons (Fsp3) is 0.846. The van der Waals surface area contributed by atoms with E-state index in [0.717, 1.165) is 19.4 Å². The van der Waals surface area contributed by atoms with Crippen LogP contribution in [-0.4, -0.2) is 30.3 Å². The number of aliphatic hydroxyl groups is 1. The van der Waals surface area contributed by atoms with Crippen molar-refractivity contribution in [3.8, 4) is 11.8 Å². The Kier molecular flexibility index (Phi) is 3.33. The summed E-state index contributed by atoms with van der Waals surface area (Å²) in [5, 5.41) is 10.0. The molecule has 2 nitrogen and oxygen atoms in total. The molecule has 0 aromatic heterocycles. The van der Waals surface area contributed by atoms with Crippen LogP contribution in [0.5, 0.6) is 0 Å². The first-order chi connectivity index (χ1) is 7.18. The summed E-state index contributed by atoms with van der Waals surface area (Å²) in [4.78, 5) is 1.60. The molecule has 0 aromatic carbocycles. The molecule has 0 aromatic rings. The highest BCUT2D eigenvalue weighted by Crippen LogP contribution is 2.38. The summed E-state index contributed by atoms with van der Waals surface area (Å²) in [7, 11) is 0. The van der Waals surface area contributed by atoms with Gasteiger partial charge in [0.2, 0.25) is 0 Å². The quantitative estimate of drug-likeness (QED) is 0.624. The molecule has 1 heterocycles. The minimum Gasteiger partial charge on any atom is -0.378 e. The zero-order valence-electron chi connectivity index (χ0n) is 9.68. The van der Waals surface area contributed by atoms with Crippen molar-refractivity contribution in [1.82, 2.24) is 0 Å². The maximum atomic E-state index is 10.0. The Morgan fingerprint density at radius 2 is 1.93 bits per heavy atom. The van der Waals surface area contributed by atoms with Gasteiger partial charge in [0.1, 0.15) is 12.1 Å². The summed E-state index contributed by atoms with van der Waals surface area (Å²) in [6.45, 7) is 5.31. The molecule has 0 bridgehead atoms. The van der Waals surface area contributed by atoms with Gasteiger partial charge in [0.25, 0.3) is 0 Å². The Balaban J connectivity index is 1.78. The minimum atomic E-state index is -0.713. The molecule has 15 heavy (non-hydrogen) atoms. The molecule has 1 unspecified atom stereocenters. The van der Waals surface area contributed by atoms with Crippen molar-refractivity contribution in [3.05, 3.63) is 0 Å². The first-order valence-corrected chi connectivity index (χ1v) is 6.24. The standard InChI is InChI=1S/C13H21NO/c1-13(15,12-6-7-12)8-5-11-14-9-3-2-4-10-14/h12,15H,2-4,6-7,9-11H2,1H3/p+1. The van der Waals surface area contributed by atoms with Crippen LogP contribution in [-0.2, 0) is 0 Å². The molecule has 1 saturated carbocycles. The maximum absolute atomic E-state index is 10.0. The van der Waals surface area contributed by atoms with E-state index in [-0.39, 0.29) is 0 Å². The van der Waals surface area contributed by atoms with Crippen LogP contribution in [0.3, 0.4) is 0 Å². The van der Waals surface area contributed by atoms with Crippen LogP contribution in [0.4, 0.5) is 0 Å². The molecule has 2 aliphatic rings. The minimum absolute atomic E-state index is 0.446. The van der Waals surface area contributed by atoms with Gasteiger partial charge in [-0.2, -0.15) is 0 Å². The van der Waals surface area contributed by atoms with Crippen LogP contribution in [0, 0.1) is 17.8 Å². The van der Waals surface area contributed by atoms with Crippen molar-refractivity contribution in [1.29, 1.82) is 0 Å². The van der Waals surface area contributed by atoms with E-state index in [1.165, 1.54) is 32.4 Å². The van der Waals surface area contributed by atoms with E-state index in [2.05, 4.69) is 11.8 Å². The van der Waals surface area contributed by atoms with Gasteiger partial charge in [-0.25, -0.2) is 0 Å². The zero-order valence-corrected chi connectivity index (χ0v) is 9.68. The van der Waals surface area contributed by atoms with Gasteiger partial charge in [0, 0.05) is 0 Å². The van der Waals surface area contributed by atoms with Crippen molar-refractivity contribution in [2.75, 3.05) is 19.6 Å². The molecular formula is C13H22NO+. The van der Waals surface area contributed by atoms with Crippen LogP contribution >= 0.6 is 0 Å². The van der Waals surface area contributed by atoms with Gasteiger partial charge in [-0.05, 0) is 50.9 Å². The Hall–Kier alpha value is -0.520. The van der Waals surface area contributed by atoms with Gasteiger partial charge >= 0.3 is 0 Å². The molecule has 0 spiro atoms. The Labute approximate surface area is 92.7 Å². The Bertz CT molecular complexity index is 264. The summed E-state index contributed by atoms with van der Waals surface area (Å²) in [6, 6.07) is 0. The van der Waals surface area contributed by atoms with Gasteiger partial charge in [-0.3, -0.25) is 0 Å². The van der Waals surface area contributed by atoms with Crippen molar-refractivity contribution in [2.24, 2.45) is 5.92 Å². The highest BCUT2D eigenvalue weighted by Gasteiger charge is 2.38. The van der Waals surface area contributed by atoms with Crippen LogP contribution in [0.2, 0.25) is 0 Å². The molecular weight excluding hydrogens is 186 g/mol. The second-order valence-electron chi connectivity index (χ2n) is 5.21. The number of piperidine rings is 1. The summed E-state index contributed by atoms with van der Waals surface area (Å²) in [5.74, 6) is 6.68. The number of nitrogens with one attached hydrogen (secondary N) is 1. The molecule has 2 N–H and O–H groups in total. The van der Waals surface area contributed by atoms with Gasteiger partial charge in [0.15, 0.2) is 0 Å². The van der Waals surface area contributed by atoms with Gasteiger partial charge < -0.3 is 10.0 Å². The predicted molar refractivity (Wildman–Crippen MR) is 60.5 cm³/mol. The molecule has 1 aliphatic heterocycles. The fourth-order valence-electron chi connectivity index (χ4n) is 2.32. The van der Waals surface area contributed by atoms with Crippen molar-refractivity contribution in [2.45, 2.75) is 44.6 Å². The lowest BCUT2D eigenvalue weighted by atomic mass is 10.0. The average molecular weight is 208 g/mol. The van der Waals surface area contributed by atoms with Crippen LogP contribution in [0.25, 0.3) is 0 Å². The number of quaternary nitrogens is 1. The van der Waals surface area contributed by atoms with E-state index in [4.69, 9.17) is 0 Å². The van der Waals surface area contributed by atoms with Crippen molar-refractivity contribution in [3.63, 3.8) is 0 Å². The highest BCUT2D eigenvalue weighted by molar-refractivity contribution is 5.16. The third-order valence-corrected chi connectivity index (χ3v) is 3.61. The zero-order chi connectivity index (χ0) is 10.7. The smallest absolute Gasteiger partial charge is 0.139 e. The Morgan fingerprint density at radius 1 is 1.27 bits per heavy atom. The molecule has 0 amide bonds. The van der Waals surface area contributed by atoms with Gasteiger partial charge in [-0.1, -0.05) is 5.92 Å². The SMILES string of the molecule is CC(O)(C#CC[NH+]1CCCCC1)C1CC1. The van der Waals surface area contributed by atoms with E-state index in [1.807, 2.05) is 6.92 Å². The molecule has 1 aliphatic carbocycles. The highest BCUT2D eigenvalue weighted by atomic mass is 16.3. The van der Waals surface area contributed by atoms with E-state index >= 15 is 0 Å². The van der Waals surface area contributed by atoms with Crippen molar-refractivity contribution < 1.29 is 10.0 Å². The van der Waals surface area contributed by atoms with Crippen LogP contribution in [0.1, 0.15) is 39.0 Å². The van der Waals surface area contributed by atoms with E-state index in [9.17, 15) is 5.11 Å². The van der Waals surface area contributed by atoms with Gasteiger partial charge in [-0.15, -0.1) is 0 Å². The monoisotopic (exact) mass is 208 g/mol. The first kappa shape index (κ1) is 11.0. The number of hydrogen-bond acceptors (Lipinski definition) is 1. The molecule has 2 rings (SSSR count). The lowest BCUT2D eigenvalue weighted by Gasteiger charge is -2.21. The first-order valence-electron chi connectivity index (χ1n) is 6.24. The van der Waals surface area contributed by atoms with Crippen LogP contribution < -0.4 is 4.90 Å². The third-order valence-electron chi connectivity index (χ3n) is 3.61. The van der Waals surface area contributed by atoms with E-state index in [1.54, 1.807) is 4.90 Å². The number of likely N-dealkylation sites (tertiary alicyclic amines) is 1. The van der Waals surface area contributed by atoms with E-state index < -0.39 is 5.60 Å². The summed E-state index contributed by atoms with van der Waals surface area (Å²) < 4.78 is 0. The van der Waals surface area contributed by atoms with Crippen LogP contribution in [0.15, 0.2) is 0 Å². The number of rotatable bonds is 2. The normalized spacial score (nSPS) is 26.5. The molecule has 1 saturated heterocycles. The predicted octanol–water partition coefficient (Wildman–Crippen LogP) is 0.220. The Morgan fingerprint density at radius 3 is 2.53 bits per heavy atom. The third kappa shape index (κ3) is 3.22. The summed E-state index contributed by atoms with van der Waals surface area (Å²) >= 11 is 0. The van der Waals surface area contributed by atoms with E-state index in [0.29, 0.717) is 5.92 Å². The summed E-state index contributed by atoms with van der Waals surface area (Å²) in [6.07, 6.45) is 6.37. The fourth-order valence-corrected chi connectivity index (χ4v) is 2.32. The number of hydrogen-bond donors (Lipinski definition) is 2. The van der Waals surface area contributed by atoms with Crippen molar-refractivity contribution >= 4 is 0 Å². The molecule has 1 atom stereocenters. The second kappa shape index (κ2) is 4.55. The topological polar surface area (TPSA) is 24.7 Å². The lowest BCUT2D eigenvalue weighted by molar-refractivity contribution is -0.897. The maximum Gasteiger partial charge on any atom is 0.139 e. The average Bonchev–Trinajstić information content (AvgIpc) is 3.02. The summed E-state index contributed by atoms with van der Waals surface area (Å²) in [5.41, 5.74) is -0.713. The molecule has 2 heteroatoms.